The van der Waals surface area contributed by atoms with Crippen LogP contribution in [-0.4, -0.2) is 50.2 Å². The Kier molecular flexibility index (Phi) is 6.59. The van der Waals surface area contributed by atoms with Crippen molar-refractivity contribution in [1.82, 2.24) is 4.57 Å². The van der Waals surface area contributed by atoms with Gasteiger partial charge in [0.05, 0.1) is 24.0 Å². The number of carbonyl (C=O) groups excluding carboxylic acids is 1. The summed E-state index contributed by atoms with van der Waals surface area (Å²) in [5.41, 5.74) is 0. The van der Waals surface area contributed by atoms with Crippen LogP contribution in [0.25, 0.3) is 0 Å². The summed E-state index contributed by atoms with van der Waals surface area (Å²) in [5, 5.41) is 9.71. The normalized spacial score (nSPS) is 24.4. The van der Waals surface area contributed by atoms with Gasteiger partial charge in [0.25, 0.3) is 0 Å². The summed E-state index contributed by atoms with van der Waals surface area (Å²) < 4.78 is 8.44. The maximum Gasteiger partial charge on any atom is 0.308 e. The summed E-state index contributed by atoms with van der Waals surface area (Å²) >= 11 is 0. The Morgan fingerprint density at radius 2 is 1.48 bits per heavy atom. The average Bonchev–Trinajstić information content (AvgIpc) is 2.40. The van der Waals surface area contributed by atoms with Crippen LogP contribution in [0.15, 0.2) is 0 Å². The number of amides is 1. The maximum absolute atomic E-state index is 13.3. The molecule has 0 aliphatic carbocycles. The van der Waals surface area contributed by atoms with Crippen molar-refractivity contribution in [2.24, 2.45) is 11.8 Å². The molecule has 5 nitrogen and oxygen atoms in total. The van der Waals surface area contributed by atoms with Crippen LogP contribution in [-0.2, 0) is 14.0 Å². The van der Waals surface area contributed by atoms with Gasteiger partial charge in [0, 0.05) is 0 Å². The summed E-state index contributed by atoms with van der Waals surface area (Å²) in [5.74, 6) is -1.75. The van der Waals surface area contributed by atoms with Crippen molar-refractivity contribution in [1.29, 1.82) is 0 Å². The van der Waals surface area contributed by atoms with Crippen LogP contribution < -0.4 is 0 Å². The maximum atomic E-state index is 13.3. The fourth-order valence-corrected chi connectivity index (χ4v) is 7.40. The van der Waals surface area contributed by atoms with E-state index >= 15 is 0 Å². The van der Waals surface area contributed by atoms with E-state index in [1.165, 1.54) is 0 Å². The molecule has 0 unspecified atom stereocenters. The van der Waals surface area contributed by atoms with E-state index in [1.54, 1.807) is 6.92 Å². The molecule has 0 aromatic carbocycles. The first-order valence-electron chi connectivity index (χ1n) is 10.0. The summed E-state index contributed by atoms with van der Waals surface area (Å²) in [6.45, 7) is 25.3. The van der Waals surface area contributed by atoms with Crippen LogP contribution >= 0.6 is 0 Å². The molecule has 7 heteroatoms. The van der Waals surface area contributed by atoms with E-state index in [0.717, 1.165) is 0 Å². The average molecular weight is 417 g/mol. The quantitative estimate of drug-likeness (QED) is 0.378. The number of carbonyl (C=O) groups is 2. The molecule has 4 atom stereocenters. The minimum Gasteiger partial charge on any atom is -0.481 e. The molecule has 0 aromatic rings. The fraction of sp³-hybridized carbons (Fsp3) is 0.900. The summed E-state index contributed by atoms with van der Waals surface area (Å²) in [7, 11) is -4.21. The third-order valence-electron chi connectivity index (χ3n) is 7.32. The van der Waals surface area contributed by atoms with E-state index in [-0.39, 0.29) is 34.0 Å². The summed E-state index contributed by atoms with van der Waals surface area (Å²) in [6, 6.07) is -0.296. The molecule has 1 N–H and O–H groups in total. The lowest BCUT2D eigenvalue weighted by molar-refractivity contribution is -0.163. The van der Waals surface area contributed by atoms with Gasteiger partial charge >= 0.3 is 5.97 Å². The number of rotatable bonds is 6. The largest absolute Gasteiger partial charge is 0.481 e. The molecule has 0 bridgehead atoms. The summed E-state index contributed by atoms with van der Waals surface area (Å²) in [6.07, 6.45) is -0.272. The van der Waals surface area contributed by atoms with Crippen LogP contribution in [0.1, 0.15) is 55.4 Å². The van der Waals surface area contributed by atoms with Crippen molar-refractivity contribution in [2.75, 3.05) is 0 Å². The molecule has 1 amide bonds. The van der Waals surface area contributed by atoms with Crippen molar-refractivity contribution in [3.63, 3.8) is 0 Å². The molecule has 1 aliphatic heterocycles. The predicted octanol–water partition coefficient (Wildman–Crippen LogP) is 4.95. The molecule has 1 aliphatic rings. The van der Waals surface area contributed by atoms with Gasteiger partial charge in [0.2, 0.25) is 5.91 Å². The molecular weight excluding hydrogens is 375 g/mol. The van der Waals surface area contributed by atoms with E-state index < -0.39 is 28.4 Å². The first-order valence-corrected chi connectivity index (χ1v) is 15.9. The van der Waals surface area contributed by atoms with Gasteiger partial charge < -0.3 is 14.1 Å². The van der Waals surface area contributed by atoms with Crippen molar-refractivity contribution in [3.8, 4) is 0 Å². The molecule has 158 valence electrons. The van der Waals surface area contributed by atoms with Crippen LogP contribution in [0.5, 0.6) is 0 Å². The zero-order chi connectivity index (χ0) is 21.7. The van der Waals surface area contributed by atoms with Crippen molar-refractivity contribution in [2.45, 2.75) is 104 Å². The molecule has 1 heterocycles. The topological polar surface area (TPSA) is 66.8 Å². The van der Waals surface area contributed by atoms with E-state index in [9.17, 15) is 14.7 Å². The van der Waals surface area contributed by atoms with Gasteiger partial charge in [0.15, 0.2) is 16.6 Å². The van der Waals surface area contributed by atoms with Crippen LogP contribution in [0, 0.1) is 11.8 Å². The first-order chi connectivity index (χ1) is 11.8. The Morgan fingerprint density at radius 3 is 1.81 bits per heavy atom. The van der Waals surface area contributed by atoms with Crippen molar-refractivity contribution >= 4 is 28.4 Å². The second kappa shape index (κ2) is 7.30. The molecular formula is C20H41NO4Si2. The zero-order valence-electron chi connectivity index (χ0n) is 19.4. The van der Waals surface area contributed by atoms with Gasteiger partial charge in [-0.3, -0.25) is 9.59 Å². The standard InChI is InChI=1S/C20H41NO4Si2/c1-13(18(23)24)16-15(14(2)25-27(11,12)20(6,7)8)17(22)21(16)26(9,10)19(3,4)5/h13-16H,1-12H3,(H,23,24)/t13-,14-,15-,16-/m1/s1/i18+1. The molecule has 0 spiro atoms. The van der Waals surface area contributed by atoms with E-state index in [4.69, 9.17) is 4.43 Å². The highest BCUT2D eigenvalue weighted by Gasteiger charge is 2.61. The Bertz CT molecular complexity index is 590. The molecule has 0 aromatic heterocycles. The number of nitrogens with zero attached hydrogens (tertiary/aromatic N) is 1. The molecule has 1 fully saturated rings. The Labute approximate surface area is 168 Å². The Morgan fingerprint density at radius 1 is 1.04 bits per heavy atom. The second-order valence-electron chi connectivity index (χ2n) is 11.2. The zero-order valence-corrected chi connectivity index (χ0v) is 21.4. The second-order valence-corrected chi connectivity index (χ2v) is 21.1. The lowest BCUT2D eigenvalue weighted by Crippen LogP contribution is -2.77. The van der Waals surface area contributed by atoms with Crippen LogP contribution in [0.4, 0.5) is 0 Å². The lowest BCUT2D eigenvalue weighted by atomic mass is 9.81. The number of β-lactam (4-membered cyclic amide) rings is 1. The number of hydrogen-bond donors (Lipinski definition) is 1. The van der Waals surface area contributed by atoms with Crippen LogP contribution in [0.2, 0.25) is 36.3 Å². The van der Waals surface area contributed by atoms with Crippen molar-refractivity contribution < 1.29 is 19.1 Å². The highest BCUT2D eigenvalue weighted by molar-refractivity contribution is 6.80. The predicted molar refractivity (Wildman–Crippen MR) is 116 cm³/mol. The van der Waals surface area contributed by atoms with Gasteiger partial charge in [-0.2, -0.15) is 0 Å². The van der Waals surface area contributed by atoms with Crippen molar-refractivity contribution in [3.05, 3.63) is 0 Å². The highest BCUT2D eigenvalue weighted by Crippen LogP contribution is 2.48. The molecule has 1 rings (SSSR count). The number of carboxylic acids is 1. The van der Waals surface area contributed by atoms with Gasteiger partial charge in [-0.15, -0.1) is 0 Å². The summed E-state index contributed by atoms with van der Waals surface area (Å²) in [4.78, 5) is 25.1. The number of carboxylic acid groups (broad SMARTS) is 1. The van der Waals surface area contributed by atoms with E-state index in [2.05, 4.69) is 67.7 Å². The smallest absolute Gasteiger partial charge is 0.308 e. The van der Waals surface area contributed by atoms with Gasteiger partial charge in [-0.05, 0) is 37.0 Å². The van der Waals surface area contributed by atoms with E-state index in [0.29, 0.717) is 0 Å². The Hall–Kier alpha value is -0.666. The number of aliphatic carboxylic acids is 1. The Balaban J connectivity index is 3.25. The molecule has 0 radical (unpaired) electrons. The molecule has 1 saturated heterocycles. The van der Waals surface area contributed by atoms with E-state index in [1.807, 2.05) is 11.5 Å². The third-order valence-corrected chi connectivity index (χ3v) is 17.3. The monoisotopic (exact) mass is 416 g/mol. The highest BCUT2D eigenvalue weighted by atomic mass is 28.4. The third kappa shape index (κ3) is 4.35. The van der Waals surface area contributed by atoms with Gasteiger partial charge in [0.1, 0.15) is 0 Å². The minimum absolute atomic E-state index is 0.0341. The van der Waals surface area contributed by atoms with Crippen LogP contribution in [0.3, 0.4) is 0 Å². The van der Waals surface area contributed by atoms with Gasteiger partial charge in [-0.25, -0.2) is 0 Å². The molecule has 0 saturated carbocycles. The SMILES string of the molecule is C[C@H]([C@@H]1[C@@H]([C@@H](C)O[Si](C)(C)C(C)(C)C)C(=O)N1[Si](C)(C)C(C)(C)C)[13C](=O)O. The first kappa shape index (κ1) is 24.4. The number of hydrogen-bond acceptors (Lipinski definition) is 3. The fourth-order valence-electron chi connectivity index (χ4n) is 3.42. The van der Waals surface area contributed by atoms with Gasteiger partial charge in [-0.1, -0.05) is 54.6 Å². The lowest BCUT2D eigenvalue weighted by Gasteiger charge is -2.61. The molecule has 27 heavy (non-hydrogen) atoms. The minimum atomic E-state index is -2.16.